The van der Waals surface area contributed by atoms with E-state index in [2.05, 4.69) is 46.7 Å². The summed E-state index contributed by atoms with van der Waals surface area (Å²) in [6.45, 7) is 1.78. The second-order valence-corrected chi connectivity index (χ2v) is 7.43. The van der Waals surface area contributed by atoms with Gasteiger partial charge in [0.2, 0.25) is 0 Å². The van der Waals surface area contributed by atoms with Crippen LogP contribution in [0.2, 0.25) is 0 Å². The van der Waals surface area contributed by atoms with Gasteiger partial charge in [-0.05, 0) is 35.7 Å². The van der Waals surface area contributed by atoms with Crippen LogP contribution in [-0.4, -0.2) is 23.3 Å². The SMILES string of the molecule is CCOC(=O)C(=O)c1cccc(NC(c2ccccc2)(c2ccccc2)c2ccccc2)n1. The van der Waals surface area contributed by atoms with Crippen molar-refractivity contribution in [3.05, 3.63) is 132 Å². The number of nitrogens with one attached hydrogen (secondary N) is 1. The number of pyridine rings is 1. The van der Waals surface area contributed by atoms with Crippen LogP contribution in [0.3, 0.4) is 0 Å². The van der Waals surface area contributed by atoms with Crippen LogP contribution in [0.4, 0.5) is 5.82 Å². The second kappa shape index (κ2) is 9.92. The van der Waals surface area contributed by atoms with E-state index in [1.54, 1.807) is 19.1 Å². The van der Waals surface area contributed by atoms with E-state index in [1.807, 2.05) is 54.6 Å². The molecule has 0 unspecified atom stereocenters. The summed E-state index contributed by atoms with van der Waals surface area (Å²) in [7, 11) is 0. The van der Waals surface area contributed by atoms with Crippen LogP contribution in [0.1, 0.15) is 34.1 Å². The van der Waals surface area contributed by atoms with Crippen LogP contribution < -0.4 is 5.32 Å². The first kappa shape index (κ1) is 22.0. The topological polar surface area (TPSA) is 68.3 Å². The molecule has 1 N–H and O–H groups in total. The quantitative estimate of drug-likeness (QED) is 0.177. The molecular weight excluding hydrogens is 412 g/mol. The van der Waals surface area contributed by atoms with Crippen molar-refractivity contribution in [3.63, 3.8) is 0 Å². The predicted molar refractivity (Wildman–Crippen MR) is 128 cm³/mol. The van der Waals surface area contributed by atoms with Gasteiger partial charge < -0.3 is 10.1 Å². The average Bonchev–Trinajstić information content (AvgIpc) is 2.88. The Balaban J connectivity index is 1.88. The molecule has 1 heterocycles. The Morgan fingerprint density at radius 2 is 1.21 bits per heavy atom. The third kappa shape index (κ3) is 4.53. The van der Waals surface area contributed by atoms with Gasteiger partial charge in [-0.1, -0.05) is 97.1 Å². The summed E-state index contributed by atoms with van der Waals surface area (Å²) in [5, 5.41) is 3.59. The number of ketones is 1. The standard InChI is InChI=1S/C28H24N2O3/c1-2-33-27(32)26(31)24-19-12-20-25(29-24)30-28(21-13-6-3-7-14-21,22-15-8-4-9-16-22)23-17-10-5-11-18-23/h3-20H,2H2,1H3,(H,29,30). The van der Waals surface area contributed by atoms with Crippen molar-refractivity contribution in [3.8, 4) is 0 Å². The van der Waals surface area contributed by atoms with E-state index in [9.17, 15) is 9.59 Å². The van der Waals surface area contributed by atoms with Crippen LogP contribution in [0.5, 0.6) is 0 Å². The summed E-state index contributed by atoms with van der Waals surface area (Å²) in [5.74, 6) is -1.23. The molecule has 4 rings (SSSR count). The highest BCUT2D eigenvalue weighted by Gasteiger charge is 2.36. The minimum Gasteiger partial charge on any atom is -0.460 e. The van der Waals surface area contributed by atoms with Crippen molar-refractivity contribution in [2.45, 2.75) is 12.5 Å². The lowest BCUT2D eigenvalue weighted by atomic mass is 9.77. The lowest BCUT2D eigenvalue weighted by molar-refractivity contribution is -0.137. The summed E-state index contributed by atoms with van der Waals surface area (Å²) in [5.41, 5.74) is 2.26. The number of benzene rings is 3. The Kier molecular flexibility index (Phi) is 6.60. The van der Waals surface area contributed by atoms with Crippen molar-refractivity contribution in [2.75, 3.05) is 11.9 Å². The number of ether oxygens (including phenoxy) is 1. The number of rotatable bonds is 8. The molecule has 164 valence electrons. The molecule has 3 aromatic carbocycles. The van der Waals surface area contributed by atoms with E-state index in [-0.39, 0.29) is 12.3 Å². The zero-order valence-corrected chi connectivity index (χ0v) is 18.3. The fraction of sp³-hybridized carbons (Fsp3) is 0.107. The van der Waals surface area contributed by atoms with E-state index in [0.717, 1.165) is 16.7 Å². The number of esters is 1. The number of nitrogens with zero attached hydrogens (tertiary/aromatic N) is 1. The van der Waals surface area contributed by atoms with Gasteiger partial charge in [0, 0.05) is 0 Å². The molecule has 1 aromatic heterocycles. The molecule has 0 radical (unpaired) electrons. The number of hydrogen-bond acceptors (Lipinski definition) is 5. The Bertz CT molecular complexity index is 1130. The Morgan fingerprint density at radius 3 is 1.67 bits per heavy atom. The molecule has 5 heteroatoms. The van der Waals surface area contributed by atoms with Crippen molar-refractivity contribution in [1.29, 1.82) is 0 Å². The van der Waals surface area contributed by atoms with Gasteiger partial charge in [0.1, 0.15) is 17.1 Å². The molecule has 0 fully saturated rings. The van der Waals surface area contributed by atoms with Crippen molar-refractivity contribution in [2.24, 2.45) is 0 Å². The number of carbonyl (C=O) groups excluding carboxylic acids is 2. The maximum absolute atomic E-state index is 12.5. The van der Waals surface area contributed by atoms with Gasteiger partial charge in [0.15, 0.2) is 0 Å². The predicted octanol–water partition coefficient (Wildman–Crippen LogP) is 5.23. The van der Waals surface area contributed by atoms with Crippen molar-refractivity contribution >= 4 is 17.6 Å². The summed E-state index contributed by atoms with van der Waals surface area (Å²) in [6.07, 6.45) is 0. The third-order valence-corrected chi connectivity index (χ3v) is 5.38. The minimum atomic E-state index is -0.914. The average molecular weight is 437 g/mol. The molecule has 0 aliphatic rings. The number of hydrogen-bond donors (Lipinski definition) is 1. The molecule has 0 aliphatic carbocycles. The first-order valence-corrected chi connectivity index (χ1v) is 10.8. The van der Waals surface area contributed by atoms with Crippen LogP contribution in [-0.2, 0) is 15.1 Å². The molecule has 0 saturated heterocycles. The molecule has 5 nitrogen and oxygen atoms in total. The van der Waals surface area contributed by atoms with E-state index in [0.29, 0.717) is 5.82 Å². The van der Waals surface area contributed by atoms with Crippen LogP contribution >= 0.6 is 0 Å². The highest BCUT2D eigenvalue weighted by atomic mass is 16.5. The highest BCUT2D eigenvalue weighted by Crippen LogP contribution is 2.39. The first-order valence-electron chi connectivity index (χ1n) is 10.8. The van der Waals surface area contributed by atoms with Crippen molar-refractivity contribution in [1.82, 2.24) is 4.98 Å². The van der Waals surface area contributed by atoms with E-state index < -0.39 is 17.3 Å². The largest absolute Gasteiger partial charge is 0.460 e. The van der Waals surface area contributed by atoms with Crippen LogP contribution in [0, 0.1) is 0 Å². The monoisotopic (exact) mass is 436 g/mol. The molecule has 0 spiro atoms. The van der Waals surface area contributed by atoms with E-state index >= 15 is 0 Å². The van der Waals surface area contributed by atoms with Crippen LogP contribution in [0.15, 0.2) is 109 Å². The third-order valence-electron chi connectivity index (χ3n) is 5.38. The summed E-state index contributed by atoms with van der Waals surface area (Å²) in [4.78, 5) is 28.9. The lowest BCUT2D eigenvalue weighted by Crippen LogP contribution is -2.38. The minimum absolute atomic E-state index is 0.0292. The maximum Gasteiger partial charge on any atom is 0.381 e. The number of anilines is 1. The fourth-order valence-electron chi connectivity index (χ4n) is 3.91. The molecule has 4 aromatic rings. The number of Topliss-reactive ketones (excluding diaryl/α,β-unsaturated/α-hetero) is 1. The zero-order valence-electron chi connectivity index (χ0n) is 18.3. The number of carbonyl (C=O) groups is 2. The number of aromatic nitrogens is 1. The molecule has 0 amide bonds. The summed E-state index contributed by atoms with van der Waals surface area (Å²) in [6, 6.07) is 35.2. The van der Waals surface area contributed by atoms with Gasteiger partial charge in [-0.15, -0.1) is 0 Å². The van der Waals surface area contributed by atoms with Crippen molar-refractivity contribution < 1.29 is 14.3 Å². The fourth-order valence-corrected chi connectivity index (χ4v) is 3.91. The summed E-state index contributed by atoms with van der Waals surface area (Å²) < 4.78 is 4.86. The molecule has 0 atom stereocenters. The van der Waals surface area contributed by atoms with Gasteiger partial charge in [-0.2, -0.15) is 0 Å². The highest BCUT2D eigenvalue weighted by molar-refractivity contribution is 6.40. The smallest absolute Gasteiger partial charge is 0.381 e. The Labute approximate surface area is 193 Å². The van der Waals surface area contributed by atoms with Gasteiger partial charge in [-0.25, -0.2) is 9.78 Å². The first-order chi connectivity index (χ1) is 16.1. The van der Waals surface area contributed by atoms with Gasteiger partial charge in [0.05, 0.1) is 6.61 Å². The van der Waals surface area contributed by atoms with E-state index in [4.69, 9.17) is 4.74 Å². The zero-order chi connectivity index (χ0) is 23.1. The Hall–Kier alpha value is -4.25. The molecular formula is C28H24N2O3. The second-order valence-electron chi connectivity index (χ2n) is 7.43. The van der Waals surface area contributed by atoms with Gasteiger partial charge >= 0.3 is 5.97 Å². The lowest BCUT2D eigenvalue weighted by Gasteiger charge is -2.37. The normalized spacial score (nSPS) is 10.9. The van der Waals surface area contributed by atoms with Gasteiger partial charge in [0.25, 0.3) is 5.78 Å². The maximum atomic E-state index is 12.5. The summed E-state index contributed by atoms with van der Waals surface area (Å²) >= 11 is 0. The van der Waals surface area contributed by atoms with Gasteiger partial charge in [-0.3, -0.25) is 4.79 Å². The molecule has 0 bridgehead atoms. The van der Waals surface area contributed by atoms with E-state index in [1.165, 1.54) is 6.07 Å². The van der Waals surface area contributed by atoms with Crippen LogP contribution in [0.25, 0.3) is 0 Å². The molecule has 0 aliphatic heterocycles. The molecule has 0 saturated carbocycles. The Morgan fingerprint density at radius 1 is 0.727 bits per heavy atom. The molecule has 33 heavy (non-hydrogen) atoms.